The first-order valence-electron chi connectivity index (χ1n) is 15.7. The van der Waals surface area contributed by atoms with Crippen LogP contribution in [0.15, 0.2) is 23.0 Å². The average Bonchev–Trinajstić information content (AvgIpc) is 3.16. The fraction of sp³-hybridized carbons (Fsp3) is 0.688. The van der Waals surface area contributed by atoms with E-state index in [9.17, 15) is 14.4 Å². The van der Waals surface area contributed by atoms with Crippen molar-refractivity contribution >= 4 is 28.4 Å². The normalized spacial score (nSPS) is 37.0. The first-order valence-corrected chi connectivity index (χ1v) is 15.7. The molecule has 4 aliphatic carbocycles. The number of hydrogen-bond acceptors (Lipinski definition) is 6. The zero-order chi connectivity index (χ0) is 27.2. The van der Waals surface area contributed by atoms with Gasteiger partial charge in [-0.25, -0.2) is 4.98 Å². The van der Waals surface area contributed by atoms with Gasteiger partial charge in [0.05, 0.1) is 16.6 Å². The van der Waals surface area contributed by atoms with E-state index in [0.717, 1.165) is 49.4 Å². The number of piperazine rings is 1. The van der Waals surface area contributed by atoms with Gasteiger partial charge in [0.1, 0.15) is 11.9 Å². The first kappa shape index (κ1) is 25.0. The van der Waals surface area contributed by atoms with Crippen molar-refractivity contribution in [2.75, 3.05) is 24.5 Å². The van der Waals surface area contributed by atoms with Crippen molar-refractivity contribution in [2.24, 2.45) is 23.2 Å². The van der Waals surface area contributed by atoms with Crippen molar-refractivity contribution in [1.82, 2.24) is 19.8 Å². The van der Waals surface area contributed by atoms with Crippen LogP contribution >= 0.6 is 0 Å². The summed E-state index contributed by atoms with van der Waals surface area (Å²) in [6, 6.07) is 6.08. The number of rotatable bonds is 5. The molecule has 8 nitrogen and oxygen atoms in total. The third kappa shape index (κ3) is 3.96. The quantitative estimate of drug-likeness (QED) is 0.575. The Hall–Kier alpha value is -2.74. The van der Waals surface area contributed by atoms with E-state index >= 15 is 0 Å². The molecule has 3 unspecified atom stereocenters. The van der Waals surface area contributed by atoms with Gasteiger partial charge in [0.25, 0.3) is 5.56 Å². The highest BCUT2D eigenvalue weighted by atomic mass is 16.2. The number of fused-ring (bicyclic) bond motifs is 3. The summed E-state index contributed by atoms with van der Waals surface area (Å²) < 4.78 is 1.53. The molecule has 3 atom stereocenters. The van der Waals surface area contributed by atoms with Gasteiger partial charge in [-0.3, -0.25) is 29.2 Å². The second kappa shape index (κ2) is 9.13. The molecule has 1 aromatic heterocycles. The highest BCUT2D eigenvalue weighted by Crippen LogP contribution is 2.61. The molecule has 2 aromatic rings. The molecular weight excluding hydrogens is 502 g/mol. The summed E-state index contributed by atoms with van der Waals surface area (Å²) in [5.41, 5.74) is 2.10. The van der Waals surface area contributed by atoms with Crippen molar-refractivity contribution < 1.29 is 9.59 Å². The fourth-order valence-electron chi connectivity index (χ4n) is 10.4. The van der Waals surface area contributed by atoms with Crippen molar-refractivity contribution in [3.8, 4) is 0 Å². The SMILES string of the molecule is Cc1nc2cccc(N3C4CCC3CN(CCC35CC6CC(CC(C6)C3)C5)C4)c2c(=O)n1C1CCC(=O)NC1=O. The molecule has 3 saturated heterocycles. The van der Waals surface area contributed by atoms with Crippen LogP contribution in [-0.2, 0) is 9.59 Å². The molecule has 2 amide bonds. The van der Waals surface area contributed by atoms with E-state index < -0.39 is 11.9 Å². The van der Waals surface area contributed by atoms with Crippen LogP contribution in [0.5, 0.6) is 0 Å². The van der Waals surface area contributed by atoms with Gasteiger partial charge >= 0.3 is 0 Å². The smallest absolute Gasteiger partial charge is 0.264 e. The number of anilines is 1. The molecule has 212 valence electrons. The lowest BCUT2D eigenvalue weighted by atomic mass is 9.49. The van der Waals surface area contributed by atoms with Crippen LogP contribution in [-0.4, -0.2) is 58.0 Å². The topological polar surface area (TPSA) is 87.5 Å². The number of hydrogen-bond donors (Lipinski definition) is 1. The molecule has 8 heteroatoms. The van der Waals surface area contributed by atoms with Crippen molar-refractivity contribution in [3.63, 3.8) is 0 Å². The Labute approximate surface area is 235 Å². The fourth-order valence-corrected chi connectivity index (χ4v) is 10.4. The zero-order valence-corrected chi connectivity index (χ0v) is 23.6. The molecule has 7 aliphatic rings. The van der Waals surface area contributed by atoms with E-state index in [1.165, 1.54) is 56.1 Å². The number of aromatic nitrogens is 2. The van der Waals surface area contributed by atoms with Crippen molar-refractivity contribution in [1.29, 1.82) is 0 Å². The summed E-state index contributed by atoms with van der Waals surface area (Å²) >= 11 is 0. The largest absolute Gasteiger partial charge is 0.362 e. The second-order valence-electron chi connectivity index (χ2n) is 14.2. The van der Waals surface area contributed by atoms with Crippen LogP contribution in [0.25, 0.3) is 10.9 Å². The van der Waals surface area contributed by atoms with Crippen LogP contribution in [0.2, 0.25) is 0 Å². The molecular formula is C32H41N5O3. The number of likely N-dealkylation sites (tertiary alicyclic amines) is 1. The summed E-state index contributed by atoms with van der Waals surface area (Å²) in [6.45, 7) is 5.11. The van der Waals surface area contributed by atoms with Crippen LogP contribution in [0.1, 0.15) is 82.5 Å². The summed E-state index contributed by atoms with van der Waals surface area (Å²) in [5, 5.41) is 3.02. The van der Waals surface area contributed by atoms with Crippen molar-refractivity contribution in [2.45, 2.75) is 95.7 Å². The number of nitrogens with zero attached hydrogens (tertiary/aromatic N) is 4. The average molecular weight is 544 g/mol. The lowest BCUT2D eigenvalue weighted by Gasteiger charge is -2.57. The minimum absolute atomic E-state index is 0.170. The second-order valence-corrected chi connectivity index (χ2v) is 14.2. The third-order valence-electron chi connectivity index (χ3n) is 11.6. The van der Waals surface area contributed by atoms with Gasteiger partial charge in [-0.05, 0) is 113 Å². The van der Waals surface area contributed by atoms with Gasteiger partial charge in [-0.2, -0.15) is 0 Å². The Morgan fingerprint density at radius 2 is 1.62 bits per heavy atom. The van der Waals surface area contributed by atoms with Gasteiger partial charge in [0.2, 0.25) is 11.8 Å². The number of carbonyl (C=O) groups excluding carboxylic acids is 2. The molecule has 40 heavy (non-hydrogen) atoms. The minimum atomic E-state index is -0.701. The van der Waals surface area contributed by atoms with Crippen LogP contribution in [0, 0.1) is 30.1 Å². The van der Waals surface area contributed by atoms with E-state index in [-0.39, 0.29) is 17.9 Å². The van der Waals surface area contributed by atoms with Crippen LogP contribution in [0.4, 0.5) is 5.69 Å². The maximum atomic E-state index is 14.1. The Morgan fingerprint density at radius 3 is 2.27 bits per heavy atom. The molecule has 9 rings (SSSR count). The number of amides is 2. The number of imide groups is 1. The number of benzene rings is 1. The maximum absolute atomic E-state index is 14.1. The number of aryl methyl sites for hydroxylation is 1. The molecule has 7 fully saturated rings. The predicted octanol–water partition coefficient (Wildman–Crippen LogP) is 3.94. The Morgan fingerprint density at radius 1 is 0.950 bits per heavy atom. The molecule has 3 aliphatic heterocycles. The number of nitrogens with one attached hydrogen (secondary N) is 1. The standard InChI is InChI=1S/C32H41N5O3/c1-19-33-25-3-2-4-26(29(25)31(40)36(19)27-7-8-28(38)34-30(27)39)37-23-5-6-24(37)18-35(17-23)10-9-32-14-20-11-21(15-32)13-22(12-20)16-32/h2-4,20-24,27H,5-18H2,1H3,(H,34,38,39). The van der Waals surface area contributed by atoms with Crippen molar-refractivity contribution in [3.05, 3.63) is 34.4 Å². The molecule has 0 radical (unpaired) electrons. The maximum Gasteiger partial charge on any atom is 0.264 e. The van der Waals surface area contributed by atoms with E-state index in [1.807, 2.05) is 12.1 Å². The third-order valence-corrected chi connectivity index (χ3v) is 11.6. The number of carbonyl (C=O) groups is 2. The minimum Gasteiger partial charge on any atom is -0.362 e. The predicted molar refractivity (Wildman–Crippen MR) is 153 cm³/mol. The van der Waals surface area contributed by atoms with E-state index in [0.29, 0.717) is 40.6 Å². The molecule has 0 spiro atoms. The van der Waals surface area contributed by atoms with E-state index in [4.69, 9.17) is 4.98 Å². The lowest BCUT2D eigenvalue weighted by Crippen LogP contribution is -2.55. The van der Waals surface area contributed by atoms with E-state index in [1.54, 1.807) is 6.92 Å². The van der Waals surface area contributed by atoms with Gasteiger partial charge in [-0.15, -0.1) is 0 Å². The summed E-state index contributed by atoms with van der Waals surface area (Å²) in [5.74, 6) is 2.85. The molecule has 4 saturated carbocycles. The van der Waals surface area contributed by atoms with Gasteiger partial charge in [0.15, 0.2) is 0 Å². The summed E-state index contributed by atoms with van der Waals surface area (Å²) in [7, 11) is 0. The summed E-state index contributed by atoms with van der Waals surface area (Å²) in [6.07, 6.45) is 13.2. The zero-order valence-electron chi connectivity index (χ0n) is 23.6. The lowest BCUT2D eigenvalue weighted by molar-refractivity contribution is -0.135. The highest BCUT2D eigenvalue weighted by molar-refractivity contribution is 6.00. The van der Waals surface area contributed by atoms with Gasteiger partial charge in [0, 0.05) is 31.6 Å². The molecule has 4 heterocycles. The van der Waals surface area contributed by atoms with Crippen LogP contribution < -0.4 is 15.8 Å². The Kier molecular flexibility index (Phi) is 5.71. The van der Waals surface area contributed by atoms with Crippen LogP contribution in [0.3, 0.4) is 0 Å². The molecule has 6 bridgehead atoms. The molecule has 1 aromatic carbocycles. The highest BCUT2D eigenvalue weighted by Gasteiger charge is 2.51. The van der Waals surface area contributed by atoms with Gasteiger partial charge < -0.3 is 4.90 Å². The number of piperidine rings is 1. The molecule has 1 N–H and O–H groups in total. The first-order chi connectivity index (χ1) is 19.4. The van der Waals surface area contributed by atoms with E-state index in [2.05, 4.69) is 21.2 Å². The van der Waals surface area contributed by atoms with Gasteiger partial charge in [-0.1, -0.05) is 6.07 Å². The Bertz CT molecular complexity index is 1400. The Balaban J connectivity index is 1.05. The summed E-state index contributed by atoms with van der Waals surface area (Å²) in [4.78, 5) is 48.6. The monoisotopic (exact) mass is 543 g/mol.